The second-order valence-corrected chi connectivity index (χ2v) is 10.1. The van der Waals surface area contributed by atoms with Crippen LogP contribution in [0, 0.1) is 5.92 Å². The Morgan fingerprint density at radius 1 is 1.00 bits per heavy atom. The maximum absolute atomic E-state index is 5.23. The third-order valence-electron chi connectivity index (χ3n) is 7.93. The van der Waals surface area contributed by atoms with Crippen molar-refractivity contribution in [2.45, 2.75) is 44.6 Å². The fraction of sp³-hybridized carbons (Fsp3) is 0.357. The second-order valence-electron chi connectivity index (χ2n) is 10.1. The van der Waals surface area contributed by atoms with Gasteiger partial charge in [-0.05, 0) is 61.9 Å². The van der Waals surface area contributed by atoms with Crippen LogP contribution >= 0.6 is 0 Å². The number of aromatic nitrogens is 5. The lowest BCUT2D eigenvalue weighted by atomic mass is 9.79. The number of rotatable bonds is 4. The van der Waals surface area contributed by atoms with Crippen LogP contribution in [0.15, 0.2) is 48.9 Å². The average Bonchev–Trinajstić information content (AvgIpc) is 3.23. The summed E-state index contributed by atoms with van der Waals surface area (Å²) in [7, 11) is 0. The number of nitrogens with one attached hydrogen (secondary N) is 3. The fourth-order valence-corrected chi connectivity index (χ4v) is 5.72. The van der Waals surface area contributed by atoms with E-state index in [1.807, 2.05) is 30.7 Å². The van der Waals surface area contributed by atoms with E-state index >= 15 is 0 Å². The van der Waals surface area contributed by atoms with Crippen LogP contribution in [-0.4, -0.2) is 44.1 Å². The molecule has 2 fully saturated rings. The van der Waals surface area contributed by atoms with Gasteiger partial charge >= 0.3 is 0 Å². The predicted octanol–water partition coefficient (Wildman–Crippen LogP) is 5.40. The molecule has 1 aliphatic heterocycles. The normalized spacial score (nSPS) is 20.9. The number of nitrogens with zero attached hydrogens (tertiary/aromatic N) is 4. The van der Waals surface area contributed by atoms with E-state index in [4.69, 9.17) is 9.97 Å². The van der Waals surface area contributed by atoms with Crippen molar-refractivity contribution in [1.29, 1.82) is 0 Å². The molecule has 0 amide bonds. The Labute approximate surface area is 203 Å². The molecule has 7 heteroatoms. The molecule has 1 aromatic carbocycles. The maximum atomic E-state index is 5.23. The molecule has 1 saturated carbocycles. The zero-order valence-electron chi connectivity index (χ0n) is 19.9. The number of piperidine rings is 1. The van der Waals surface area contributed by atoms with Gasteiger partial charge in [0.05, 0.1) is 11.7 Å². The van der Waals surface area contributed by atoms with Crippen molar-refractivity contribution >= 4 is 38.7 Å². The minimum atomic E-state index is 0.371. The number of fused-ring (bicyclic) bond motifs is 4. The van der Waals surface area contributed by atoms with Gasteiger partial charge in [0.15, 0.2) is 5.82 Å². The Bertz CT molecular complexity index is 1550. The summed E-state index contributed by atoms with van der Waals surface area (Å²) in [5.41, 5.74) is 5.11. The van der Waals surface area contributed by atoms with Gasteiger partial charge in [0.1, 0.15) is 11.5 Å². The summed E-state index contributed by atoms with van der Waals surface area (Å²) < 4.78 is 0. The van der Waals surface area contributed by atoms with Crippen LogP contribution in [0.1, 0.15) is 44.1 Å². The summed E-state index contributed by atoms with van der Waals surface area (Å²) in [5, 5.41) is 10.7. The number of aromatic amines is 1. The monoisotopic (exact) mass is 463 g/mol. The molecule has 2 atom stereocenters. The highest BCUT2D eigenvalue weighted by Crippen LogP contribution is 2.42. The standard InChI is InChI=1S/C28H29N7/c1-16-13-29-11-10-21(16)32-28-25-20(17-5-4-6-17)14-30-15-23(25)34-26(35-28)19-9-12-31-27-24(19)18-7-2-3-8-22(18)33-27/h2-3,7-9,12,14-17,21,29H,4-6,10-11,13H2,1H3,(H,31,33)(H,32,34,35). The van der Waals surface area contributed by atoms with Gasteiger partial charge in [-0.2, -0.15) is 0 Å². The van der Waals surface area contributed by atoms with Gasteiger partial charge < -0.3 is 15.6 Å². The highest BCUT2D eigenvalue weighted by Gasteiger charge is 2.27. The highest BCUT2D eigenvalue weighted by molar-refractivity contribution is 6.12. The fourth-order valence-electron chi connectivity index (χ4n) is 5.72. The van der Waals surface area contributed by atoms with E-state index in [-0.39, 0.29) is 0 Å². The van der Waals surface area contributed by atoms with Gasteiger partial charge in [-0.1, -0.05) is 31.5 Å². The first-order valence-corrected chi connectivity index (χ1v) is 12.7. The summed E-state index contributed by atoms with van der Waals surface area (Å²) in [4.78, 5) is 23.0. The number of anilines is 1. The Morgan fingerprint density at radius 3 is 2.77 bits per heavy atom. The largest absolute Gasteiger partial charge is 0.366 e. The molecule has 1 saturated heterocycles. The number of pyridine rings is 2. The zero-order valence-corrected chi connectivity index (χ0v) is 19.9. The van der Waals surface area contributed by atoms with Crippen LogP contribution in [0.4, 0.5) is 5.82 Å². The molecular formula is C28H29N7. The highest BCUT2D eigenvalue weighted by atomic mass is 15.1. The summed E-state index contributed by atoms with van der Waals surface area (Å²) in [6.07, 6.45) is 10.6. The Kier molecular flexibility index (Phi) is 4.91. The van der Waals surface area contributed by atoms with Crippen LogP contribution in [0.3, 0.4) is 0 Å². The molecule has 7 nitrogen and oxygen atoms in total. The van der Waals surface area contributed by atoms with E-state index in [2.05, 4.69) is 50.7 Å². The average molecular weight is 464 g/mol. The Balaban J connectivity index is 1.45. The van der Waals surface area contributed by atoms with Gasteiger partial charge in [-0.3, -0.25) is 4.98 Å². The van der Waals surface area contributed by atoms with Crippen molar-refractivity contribution in [3.63, 3.8) is 0 Å². The molecule has 0 radical (unpaired) electrons. The van der Waals surface area contributed by atoms with Crippen molar-refractivity contribution in [2.24, 2.45) is 5.92 Å². The second kappa shape index (κ2) is 8.27. The van der Waals surface area contributed by atoms with Crippen molar-refractivity contribution in [1.82, 2.24) is 30.2 Å². The van der Waals surface area contributed by atoms with E-state index in [9.17, 15) is 0 Å². The van der Waals surface area contributed by atoms with E-state index in [1.165, 1.54) is 24.8 Å². The van der Waals surface area contributed by atoms with Gasteiger partial charge in [0, 0.05) is 45.7 Å². The lowest BCUT2D eigenvalue weighted by Crippen LogP contribution is -2.42. The molecule has 4 aromatic heterocycles. The van der Waals surface area contributed by atoms with Gasteiger partial charge in [-0.15, -0.1) is 0 Å². The number of hydrogen-bond donors (Lipinski definition) is 3. The smallest absolute Gasteiger partial charge is 0.163 e. The van der Waals surface area contributed by atoms with Crippen LogP contribution in [-0.2, 0) is 0 Å². The SMILES string of the molecule is CC1CNCCC1Nc1nc(-c2ccnc3[nH]c4ccccc4c23)nc2cncc(C3CCC3)c12. The number of para-hydroxylation sites is 1. The van der Waals surface area contributed by atoms with E-state index < -0.39 is 0 Å². The molecule has 5 aromatic rings. The molecule has 2 aliphatic rings. The minimum absolute atomic E-state index is 0.371. The molecule has 0 bridgehead atoms. The third kappa shape index (κ3) is 3.45. The first-order valence-electron chi connectivity index (χ1n) is 12.7. The molecular weight excluding hydrogens is 434 g/mol. The van der Waals surface area contributed by atoms with Gasteiger partial charge in [0.2, 0.25) is 0 Å². The van der Waals surface area contributed by atoms with E-state index in [0.717, 1.165) is 63.7 Å². The molecule has 35 heavy (non-hydrogen) atoms. The van der Waals surface area contributed by atoms with Crippen molar-refractivity contribution in [3.05, 3.63) is 54.5 Å². The Morgan fingerprint density at radius 2 is 1.91 bits per heavy atom. The number of hydrogen-bond acceptors (Lipinski definition) is 6. The lowest BCUT2D eigenvalue weighted by molar-refractivity contribution is 0.368. The maximum Gasteiger partial charge on any atom is 0.163 e. The topological polar surface area (TPSA) is 91.4 Å². The molecule has 0 spiro atoms. The molecule has 5 heterocycles. The Hall–Kier alpha value is -3.58. The van der Waals surface area contributed by atoms with Crippen molar-refractivity contribution in [3.8, 4) is 11.4 Å². The summed E-state index contributed by atoms with van der Waals surface area (Å²) in [6, 6.07) is 10.7. The third-order valence-corrected chi connectivity index (χ3v) is 7.93. The van der Waals surface area contributed by atoms with Crippen molar-refractivity contribution < 1.29 is 0 Å². The minimum Gasteiger partial charge on any atom is -0.366 e. The van der Waals surface area contributed by atoms with Crippen LogP contribution in [0.2, 0.25) is 0 Å². The molecule has 3 N–H and O–H groups in total. The van der Waals surface area contributed by atoms with Crippen molar-refractivity contribution in [2.75, 3.05) is 18.4 Å². The van der Waals surface area contributed by atoms with Crippen LogP contribution in [0.5, 0.6) is 0 Å². The first-order chi connectivity index (χ1) is 17.3. The molecule has 7 rings (SSSR count). The van der Waals surface area contributed by atoms with Gasteiger partial charge in [-0.25, -0.2) is 15.0 Å². The lowest BCUT2D eigenvalue weighted by Gasteiger charge is -2.32. The zero-order chi connectivity index (χ0) is 23.4. The summed E-state index contributed by atoms with van der Waals surface area (Å²) in [5.74, 6) is 2.73. The predicted molar refractivity (Wildman–Crippen MR) is 141 cm³/mol. The number of H-pyrrole nitrogens is 1. The quantitative estimate of drug-likeness (QED) is 0.331. The van der Waals surface area contributed by atoms with Gasteiger partial charge in [0.25, 0.3) is 0 Å². The number of benzene rings is 1. The molecule has 2 unspecified atom stereocenters. The molecule has 176 valence electrons. The first kappa shape index (κ1) is 20.8. The van der Waals surface area contributed by atoms with Crippen LogP contribution < -0.4 is 10.6 Å². The van der Waals surface area contributed by atoms with E-state index in [1.54, 1.807) is 0 Å². The van der Waals surface area contributed by atoms with Crippen LogP contribution in [0.25, 0.3) is 44.2 Å². The summed E-state index contributed by atoms with van der Waals surface area (Å²) in [6.45, 7) is 4.35. The molecule has 1 aliphatic carbocycles. The summed E-state index contributed by atoms with van der Waals surface area (Å²) >= 11 is 0. The van der Waals surface area contributed by atoms with E-state index in [0.29, 0.717) is 23.7 Å².